The molecule has 0 aromatic heterocycles. The van der Waals surface area contributed by atoms with Crippen molar-refractivity contribution < 1.29 is 38.0 Å². The lowest BCUT2D eigenvalue weighted by atomic mass is 9.82. The number of ether oxygens (including phenoxy) is 1. The maximum Gasteiger partial charge on any atom is 0.338 e. The van der Waals surface area contributed by atoms with Crippen molar-refractivity contribution in [2.45, 2.75) is 58.9 Å². The first-order valence-corrected chi connectivity index (χ1v) is 9.50. The molecule has 140 valence electrons. The summed E-state index contributed by atoms with van der Waals surface area (Å²) < 4.78 is 6.99. The summed E-state index contributed by atoms with van der Waals surface area (Å²) in [5.41, 5.74) is 4.13. The number of carbonyl (C=O) groups is 1. The topological polar surface area (TPSA) is 26.3 Å². The second-order valence-corrected chi connectivity index (χ2v) is 8.24. The Bertz CT molecular complexity index is 627. The molecular formula is C21H32INO2. The van der Waals surface area contributed by atoms with E-state index in [1.165, 1.54) is 55.2 Å². The second kappa shape index (κ2) is 8.38. The number of hydrogen-bond acceptors (Lipinski definition) is 2. The number of aryl methyl sites for hydroxylation is 3. The molecule has 0 bridgehead atoms. The molecule has 0 saturated carbocycles. The molecule has 0 N–H and O–H groups in total. The van der Waals surface area contributed by atoms with Crippen LogP contribution in [0.2, 0.25) is 0 Å². The molecule has 4 heteroatoms. The number of benzene rings is 1. The molecule has 0 spiro atoms. The van der Waals surface area contributed by atoms with Gasteiger partial charge in [0.1, 0.15) is 6.61 Å². The molecule has 3 rings (SSSR count). The largest absolute Gasteiger partial charge is 1.00 e. The third-order valence-corrected chi connectivity index (χ3v) is 6.50. The smallest absolute Gasteiger partial charge is 0.338 e. The maximum absolute atomic E-state index is 12.6. The average Bonchev–Trinajstić information content (AvgIpc) is 2.55. The van der Waals surface area contributed by atoms with Gasteiger partial charge in [-0.25, -0.2) is 4.79 Å². The van der Waals surface area contributed by atoms with Crippen LogP contribution < -0.4 is 24.0 Å². The fourth-order valence-electron chi connectivity index (χ4n) is 4.87. The first-order valence-electron chi connectivity index (χ1n) is 9.50. The van der Waals surface area contributed by atoms with Gasteiger partial charge in [-0.05, 0) is 69.2 Å². The van der Waals surface area contributed by atoms with Crippen LogP contribution in [0.1, 0.15) is 59.2 Å². The van der Waals surface area contributed by atoms with Crippen molar-refractivity contribution in [1.29, 1.82) is 0 Å². The van der Waals surface area contributed by atoms with E-state index < -0.39 is 0 Å². The van der Waals surface area contributed by atoms with Crippen molar-refractivity contribution >= 4 is 5.97 Å². The highest BCUT2D eigenvalue weighted by Gasteiger charge is 2.43. The number of halogens is 1. The Morgan fingerprint density at radius 3 is 2.48 bits per heavy atom. The van der Waals surface area contributed by atoms with Crippen LogP contribution in [0.4, 0.5) is 0 Å². The summed E-state index contributed by atoms with van der Waals surface area (Å²) in [4.78, 5) is 12.6. The van der Waals surface area contributed by atoms with Gasteiger partial charge in [0, 0.05) is 12.3 Å². The van der Waals surface area contributed by atoms with Crippen molar-refractivity contribution in [2.75, 3.05) is 26.7 Å². The van der Waals surface area contributed by atoms with Crippen molar-refractivity contribution in [3.8, 4) is 0 Å². The molecule has 0 radical (unpaired) electrons. The molecule has 0 amide bonds. The van der Waals surface area contributed by atoms with Crippen LogP contribution in [0.5, 0.6) is 0 Å². The number of carbonyl (C=O) groups excluding carboxylic acids is 1. The highest BCUT2D eigenvalue weighted by molar-refractivity contribution is 5.91. The van der Waals surface area contributed by atoms with Crippen LogP contribution in [0, 0.1) is 26.7 Å². The number of quaternary nitrogens is 1. The Kier molecular flexibility index (Phi) is 6.94. The normalized spacial score (nSPS) is 28.6. The van der Waals surface area contributed by atoms with Crippen molar-refractivity contribution in [1.82, 2.24) is 0 Å². The summed E-state index contributed by atoms with van der Waals surface area (Å²) in [5, 5.41) is 0. The molecule has 2 aliphatic rings. The van der Waals surface area contributed by atoms with E-state index in [0.717, 1.165) is 16.7 Å². The predicted molar refractivity (Wildman–Crippen MR) is 97.2 cm³/mol. The number of piperidine rings is 2. The monoisotopic (exact) mass is 457 g/mol. The van der Waals surface area contributed by atoms with Gasteiger partial charge in [-0.2, -0.15) is 0 Å². The Balaban J connectivity index is 0.00000225. The highest BCUT2D eigenvalue weighted by atomic mass is 127. The molecule has 2 heterocycles. The summed E-state index contributed by atoms with van der Waals surface area (Å²) in [7, 11) is 2.41. The molecular weight excluding hydrogens is 425 g/mol. The second-order valence-electron chi connectivity index (χ2n) is 8.24. The summed E-state index contributed by atoms with van der Waals surface area (Å²) in [6.07, 6.45) is 6.44. The highest BCUT2D eigenvalue weighted by Crippen LogP contribution is 2.36. The lowest BCUT2D eigenvalue weighted by Gasteiger charge is -2.51. The van der Waals surface area contributed by atoms with E-state index in [-0.39, 0.29) is 29.9 Å². The molecule has 25 heavy (non-hydrogen) atoms. The lowest BCUT2D eigenvalue weighted by Crippen LogP contribution is -3.00. The Labute approximate surface area is 169 Å². The van der Waals surface area contributed by atoms with E-state index in [1.807, 2.05) is 13.0 Å². The quantitative estimate of drug-likeness (QED) is 0.387. The third-order valence-electron chi connectivity index (χ3n) is 6.50. The standard InChI is InChI=1S/C21H32NO2.HI/c1-15-12-17(3)19(13-16(15)2)21(23)24-14-18-8-7-11-22(4)10-6-5-9-20(18)22;/h12-13,18,20H,5-11,14H2,1-4H3;1H/q+1;/p-1/t18-,20+,22?;/m1./s1. The van der Waals surface area contributed by atoms with Crippen molar-refractivity contribution in [2.24, 2.45) is 5.92 Å². The molecule has 0 aliphatic carbocycles. The Morgan fingerprint density at radius 1 is 1.04 bits per heavy atom. The molecule has 2 fully saturated rings. The number of fused-ring (bicyclic) bond motifs is 1. The molecule has 1 aromatic carbocycles. The van der Waals surface area contributed by atoms with Crippen LogP contribution in [0.25, 0.3) is 0 Å². The van der Waals surface area contributed by atoms with E-state index in [1.54, 1.807) is 0 Å². The lowest BCUT2D eigenvalue weighted by molar-refractivity contribution is -0.947. The fraction of sp³-hybridized carbons (Fsp3) is 0.667. The van der Waals surface area contributed by atoms with E-state index >= 15 is 0 Å². The van der Waals surface area contributed by atoms with Crippen LogP contribution in [0.15, 0.2) is 12.1 Å². The van der Waals surface area contributed by atoms with Gasteiger partial charge < -0.3 is 33.2 Å². The zero-order chi connectivity index (χ0) is 17.3. The van der Waals surface area contributed by atoms with Gasteiger partial charge in [0.25, 0.3) is 0 Å². The summed E-state index contributed by atoms with van der Waals surface area (Å²) in [6, 6.07) is 4.75. The molecule has 3 nitrogen and oxygen atoms in total. The van der Waals surface area contributed by atoms with Gasteiger partial charge in [-0.15, -0.1) is 0 Å². The Morgan fingerprint density at radius 2 is 1.72 bits per heavy atom. The zero-order valence-corrected chi connectivity index (χ0v) is 18.3. The summed E-state index contributed by atoms with van der Waals surface area (Å²) >= 11 is 0. The van der Waals surface area contributed by atoms with E-state index in [2.05, 4.69) is 27.0 Å². The average molecular weight is 457 g/mol. The fourth-order valence-corrected chi connectivity index (χ4v) is 4.87. The molecule has 1 unspecified atom stereocenters. The molecule has 1 aromatic rings. The first kappa shape index (κ1) is 20.7. The van der Waals surface area contributed by atoms with Crippen LogP contribution >= 0.6 is 0 Å². The van der Waals surface area contributed by atoms with Crippen LogP contribution in [-0.4, -0.2) is 43.2 Å². The number of rotatable bonds is 3. The molecule has 2 aliphatic heterocycles. The number of nitrogens with zero attached hydrogens (tertiary/aromatic N) is 1. The summed E-state index contributed by atoms with van der Waals surface area (Å²) in [5.74, 6) is 0.381. The van der Waals surface area contributed by atoms with Gasteiger partial charge in [-0.3, -0.25) is 0 Å². The van der Waals surface area contributed by atoms with Gasteiger partial charge >= 0.3 is 5.97 Å². The minimum Gasteiger partial charge on any atom is -1.00 e. The van der Waals surface area contributed by atoms with E-state index in [0.29, 0.717) is 18.6 Å². The minimum absolute atomic E-state index is 0. The van der Waals surface area contributed by atoms with Crippen LogP contribution in [-0.2, 0) is 4.74 Å². The number of hydrogen-bond donors (Lipinski definition) is 0. The zero-order valence-electron chi connectivity index (χ0n) is 16.1. The first-order chi connectivity index (χ1) is 11.4. The molecule has 3 atom stereocenters. The van der Waals surface area contributed by atoms with Crippen LogP contribution in [0.3, 0.4) is 0 Å². The van der Waals surface area contributed by atoms with E-state index in [9.17, 15) is 4.79 Å². The third kappa shape index (κ3) is 4.38. The maximum atomic E-state index is 12.6. The SMILES string of the molecule is Cc1cc(C)c(C(=O)OC[C@H]2CCC[N+]3(C)CCCC[C@@H]23)cc1C.[I-]. The predicted octanol–water partition coefficient (Wildman–Crippen LogP) is 1.18. The summed E-state index contributed by atoms with van der Waals surface area (Å²) in [6.45, 7) is 9.32. The Hall–Kier alpha value is -0.620. The minimum atomic E-state index is -0.147. The van der Waals surface area contributed by atoms with Gasteiger partial charge in [0.2, 0.25) is 0 Å². The van der Waals surface area contributed by atoms with E-state index in [4.69, 9.17) is 4.74 Å². The van der Waals surface area contributed by atoms with Gasteiger partial charge in [0.15, 0.2) is 0 Å². The van der Waals surface area contributed by atoms with Gasteiger partial charge in [-0.1, -0.05) is 6.07 Å². The number of esters is 1. The van der Waals surface area contributed by atoms with Crippen molar-refractivity contribution in [3.05, 3.63) is 34.4 Å². The van der Waals surface area contributed by atoms with Gasteiger partial charge in [0.05, 0.1) is 31.7 Å². The van der Waals surface area contributed by atoms with Crippen molar-refractivity contribution in [3.63, 3.8) is 0 Å². The molecule has 2 saturated heterocycles.